The molecule has 1 heterocycles. The minimum atomic E-state index is -0.468. The van der Waals surface area contributed by atoms with Crippen molar-refractivity contribution in [3.8, 4) is 5.75 Å². The van der Waals surface area contributed by atoms with Gasteiger partial charge in [0.2, 0.25) is 5.78 Å². The molecule has 0 unspecified atom stereocenters. The lowest BCUT2D eigenvalue weighted by molar-refractivity contribution is 0.0950. The van der Waals surface area contributed by atoms with Gasteiger partial charge in [0.1, 0.15) is 5.75 Å². The van der Waals surface area contributed by atoms with Crippen molar-refractivity contribution in [3.63, 3.8) is 0 Å². The summed E-state index contributed by atoms with van der Waals surface area (Å²) in [7, 11) is 0. The maximum Gasteiger partial charge on any atom is 0.245 e. The number of hydrogen-bond acceptors (Lipinski definition) is 6. The smallest absolute Gasteiger partial charge is 0.245 e. The predicted molar refractivity (Wildman–Crippen MR) is 91.3 cm³/mol. The summed E-state index contributed by atoms with van der Waals surface area (Å²) in [4.78, 5) is 36.1. The lowest BCUT2D eigenvalue weighted by Gasteiger charge is -2.14. The number of rotatable bonds is 5. The predicted octanol–water partition coefficient (Wildman–Crippen LogP) is 3.64. The molecule has 1 aromatic carbocycles. The Hall–Kier alpha value is -3.15. The molecule has 0 amide bonds. The number of ether oxygens (including phenoxy) is 1. The molecule has 6 nitrogen and oxygen atoms in total. The second-order valence-corrected chi connectivity index (χ2v) is 5.98. The average Bonchev–Trinajstić information content (AvgIpc) is 3.00. The van der Waals surface area contributed by atoms with E-state index in [0.717, 1.165) is 0 Å². The van der Waals surface area contributed by atoms with E-state index in [1.165, 1.54) is 19.1 Å². The Bertz CT molecular complexity index is 887. The van der Waals surface area contributed by atoms with Gasteiger partial charge >= 0.3 is 0 Å². The van der Waals surface area contributed by atoms with E-state index < -0.39 is 5.78 Å². The molecule has 2 aromatic rings. The van der Waals surface area contributed by atoms with Gasteiger partial charge in [0.25, 0.3) is 0 Å². The Morgan fingerprint density at radius 1 is 1.16 bits per heavy atom. The standard InChI is InChI=1S/C19H17NO5/c1-10(2)24-13-6-4-12(5-7-13)20-15-9-16(22)14-8-17(11(3)21)25-19(14)18(15)23/h4-10,20H,1-3H3. The molecule has 128 valence electrons. The zero-order chi connectivity index (χ0) is 18.1. The number of anilines is 1. The number of fused-ring (bicyclic) bond motifs is 1. The van der Waals surface area contributed by atoms with Gasteiger partial charge in [0.05, 0.1) is 17.4 Å². The van der Waals surface area contributed by atoms with E-state index in [1.807, 2.05) is 13.8 Å². The fourth-order valence-electron chi connectivity index (χ4n) is 2.45. The lowest BCUT2D eigenvalue weighted by atomic mass is 9.99. The van der Waals surface area contributed by atoms with E-state index in [4.69, 9.17) is 9.15 Å². The third-order valence-corrected chi connectivity index (χ3v) is 3.58. The number of furan rings is 1. The number of hydrogen-bond donors (Lipinski definition) is 1. The Morgan fingerprint density at radius 2 is 1.84 bits per heavy atom. The molecule has 1 N–H and O–H groups in total. The molecule has 0 radical (unpaired) electrons. The topological polar surface area (TPSA) is 85.6 Å². The minimum Gasteiger partial charge on any atom is -0.491 e. The molecule has 0 saturated carbocycles. The zero-order valence-electron chi connectivity index (χ0n) is 14.1. The van der Waals surface area contributed by atoms with Crippen LogP contribution in [0, 0.1) is 0 Å². The molecular weight excluding hydrogens is 322 g/mol. The maximum atomic E-state index is 12.5. The molecule has 0 fully saturated rings. The number of nitrogens with one attached hydrogen (secondary N) is 1. The van der Waals surface area contributed by atoms with Crippen LogP contribution in [0.25, 0.3) is 0 Å². The van der Waals surface area contributed by atoms with Gasteiger partial charge < -0.3 is 14.5 Å². The van der Waals surface area contributed by atoms with Gasteiger partial charge in [-0.15, -0.1) is 0 Å². The molecule has 0 saturated heterocycles. The second kappa shape index (κ2) is 6.39. The number of Topliss-reactive ketones (excluding diaryl/α,β-unsaturated/α-hetero) is 2. The monoisotopic (exact) mass is 339 g/mol. The molecule has 0 aliphatic heterocycles. The van der Waals surface area contributed by atoms with Crippen molar-refractivity contribution in [2.45, 2.75) is 26.9 Å². The van der Waals surface area contributed by atoms with Crippen LogP contribution in [-0.4, -0.2) is 23.5 Å². The number of ketones is 3. The summed E-state index contributed by atoms with van der Waals surface area (Å²) >= 11 is 0. The summed E-state index contributed by atoms with van der Waals surface area (Å²) in [5.74, 6) is -0.598. The number of carbonyl (C=O) groups is 3. The molecule has 1 aliphatic rings. The zero-order valence-corrected chi connectivity index (χ0v) is 14.1. The van der Waals surface area contributed by atoms with Crippen LogP contribution in [-0.2, 0) is 0 Å². The Morgan fingerprint density at radius 3 is 2.44 bits per heavy atom. The lowest BCUT2D eigenvalue weighted by Crippen LogP contribution is -2.20. The summed E-state index contributed by atoms with van der Waals surface area (Å²) in [5, 5.41) is 2.91. The van der Waals surface area contributed by atoms with Crippen molar-refractivity contribution in [3.05, 3.63) is 59.2 Å². The highest BCUT2D eigenvalue weighted by Crippen LogP contribution is 2.27. The Kier molecular flexibility index (Phi) is 4.27. The van der Waals surface area contributed by atoms with Crippen molar-refractivity contribution < 1.29 is 23.5 Å². The molecule has 6 heteroatoms. The van der Waals surface area contributed by atoms with E-state index >= 15 is 0 Å². The van der Waals surface area contributed by atoms with Crippen LogP contribution in [0.2, 0.25) is 0 Å². The Labute approximate surface area is 144 Å². The first kappa shape index (κ1) is 16.7. The van der Waals surface area contributed by atoms with E-state index in [-0.39, 0.29) is 40.5 Å². The van der Waals surface area contributed by atoms with Crippen LogP contribution >= 0.6 is 0 Å². The van der Waals surface area contributed by atoms with Crippen LogP contribution in [0.5, 0.6) is 5.75 Å². The molecule has 0 bridgehead atoms. The fourth-order valence-corrected chi connectivity index (χ4v) is 2.45. The van der Waals surface area contributed by atoms with E-state index in [2.05, 4.69) is 5.32 Å². The third kappa shape index (κ3) is 3.38. The van der Waals surface area contributed by atoms with Gasteiger partial charge in [-0.3, -0.25) is 14.4 Å². The maximum absolute atomic E-state index is 12.5. The molecule has 0 spiro atoms. The van der Waals surface area contributed by atoms with Crippen molar-refractivity contribution in [1.29, 1.82) is 0 Å². The fraction of sp³-hybridized carbons (Fsp3) is 0.211. The largest absolute Gasteiger partial charge is 0.491 e. The van der Waals surface area contributed by atoms with Gasteiger partial charge in [-0.1, -0.05) is 0 Å². The highest BCUT2D eigenvalue weighted by molar-refractivity contribution is 6.24. The van der Waals surface area contributed by atoms with E-state index in [0.29, 0.717) is 11.4 Å². The van der Waals surface area contributed by atoms with Crippen molar-refractivity contribution in [2.75, 3.05) is 5.32 Å². The van der Waals surface area contributed by atoms with Crippen LogP contribution in [0.4, 0.5) is 5.69 Å². The quantitative estimate of drug-likeness (QED) is 0.837. The van der Waals surface area contributed by atoms with E-state index in [1.54, 1.807) is 24.3 Å². The normalized spacial score (nSPS) is 13.5. The summed E-state index contributed by atoms with van der Waals surface area (Å²) in [6.07, 6.45) is 1.27. The average molecular weight is 339 g/mol. The summed E-state index contributed by atoms with van der Waals surface area (Å²) in [5.41, 5.74) is 0.839. The number of benzene rings is 1. The molecule has 1 aliphatic carbocycles. The molecule has 3 rings (SSSR count). The first-order valence-corrected chi connectivity index (χ1v) is 7.84. The van der Waals surface area contributed by atoms with Gasteiger partial charge in [-0.05, 0) is 44.2 Å². The molecule has 0 atom stereocenters. The van der Waals surface area contributed by atoms with Crippen molar-refractivity contribution >= 4 is 23.0 Å². The van der Waals surface area contributed by atoms with Gasteiger partial charge in [0.15, 0.2) is 23.1 Å². The summed E-state index contributed by atoms with van der Waals surface area (Å²) in [6, 6.07) is 8.33. The van der Waals surface area contributed by atoms with Crippen LogP contribution in [0.1, 0.15) is 52.2 Å². The highest BCUT2D eigenvalue weighted by Gasteiger charge is 2.31. The van der Waals surface area contributed by atoms with Crippen LogP contribution in [0.3, 0.4) is 0 Å². The highest BCUT2D eigenvalue weighted by atomic mass is 16.5. The first-order chi connectivity index (χ1) is 11.8. The summed E-state index contributed by atoms with van der Waals surface area (Å²) < 4.78 is 10.8. The Balaban J connectivity index is 1.82. The molecular formula is C19H17NO5. The van der Waals surface area contributed by atoms with Crippen LogP contribution in [0.15, 0.2) is 46.5 Å². The van der Waals surface area contributed by atoms with Crippen molar-refractivity contribution in [1.82, 2.24) is 0 Å². The van der Waals surface area contributed by atoms with Crippen molar-refractivity contribution in [2.24, 2.45) is 0 Å². The number of allylic oxidation sites excluding steroid dienone is 2. The van der Waals surface area contributed by atoms with Crippen LogP contribution < -0.4 is 10.1 Å². The second-order valence-electron chi connectivity index (χ2n) is 5.98. The summed E-state index contributed by atoms with van der Waals surface area (Å²) in [6.45, 7) is 5.17. The minimum absolute atomic E-state index is 0.00321. The molecule has 25 heavy (non-hydrogen) atoms. The third-order valence-electron chi connectivity index (χ3n) is 3.58. The van der Waals surface area contributed by atoms with E-state index in [9.17, 15) is 14.4 Å². The molecule has 1 aromatic heterocycles. The first-order valence-electron chi connectivity index (χ1n) is 7.84. The number of carbonyl (C=O) groups excluding carboxylic acids is 3. The van der Waals surface area contributed by atoms with Gasteiger partial charge in [-0.2, -0.15) is 0 Å². The SMILES string of the molecule is CC(=O)c1cc2c(o1)C(=O)C(Nc1ccc(OC(C)C)cc1)=CC2=O. The van der Waals surface area contributed by atoms with Gasteiger partial charge in [0, 0.05) is 18.7 Å². The van der Waals surface area contributed by atoms with Gasteiger partial charge in [-0.25, -0.2) is 0 Å².